The van der Waals surface area contributed by atoms with Crippen LogP contribution in [0.4, 0.5) is 5.69 Å². The Morgan fingerprint density at radius 2 is 1.62 bits per heavy atom. The fourth-order valence-corrected chi connectivity index (χ4v) is 2.23. The third-order valence-electron chi connectivity index (χ3n) is 3.57. The van der Waals surface area contributed by atoms with Crippen LogP contribution in [0.2, 0.25) is 0 Å². The van der Waals surface area contributed by atoms with E-state index in [0.29, 0.717) is 30.8 Å². The predicted octanol–water partition coefficient (Wildman–Crippen LogP) is 2.21. The molecular weight excluding hydrogens is 302 g/mol. The van der Waals surface area contributed by atoms with E-state index in [4.69, 9.17) is 0 Å². The van der Waals surface area contributed by atoms with Crippen molar-refractivity contribution in [2.24, 2.45) is 0 Å². The minimum Gasteiger partial charge on any atom is -0.352 e. The maximum Gasteiger partial charge on any atom is 0.251 e. The number of benzene rings is 2. The Morgan fingerprint density at radius 1 is 0.917 bits per heavy atom. The van der Waals surface area contributed by atoms with Gasteiger partial charge in [-0.3, -0.25) is 9.59 Å². The lowest BCUT2D eigenvalue weighted by Crippen LogP contribution is -2.25. The average Bonchev–Trinajstić information content (AvgIpc) is 2.61. The average molecular weight is 325 g/mol. The van der Waals surface area contributed by atoms with Crippen LogP contribution >= 0.6 is 0 Å². The molecule has 0 aliphatic rings. The van der Waals surface area contributed by atoms with Crippen LogP contribution in [-0.4, -0.2) is 32.0 Å². The standard InChI is InChI=1S/C19H23N3O2/c1-20-13-12-18(23)22-17-9-7-16(8-10-17)19(24)21-14-11-15-5-3-2-4-6-15/h2-10,20H,11-14H2,1H3,(H,21,24)(H,22,23). The number of amides is 2. The third-order valence-corrected chi connectivity index (χ3v) is 3.57. The molecule has 0 aliphatic heterocycles. The fourth-order valence-electron chi connectivity index (χ4n) is 2.23. The van der Waals surface area contributed by atoms with Gasteiger partial charge in [-0.25, -0.2) is 0 Å². The highest BCUT2D eigenvalue weighted by Crippen LogP contribution is 2.10. The molecule has 0 saturated heterocycles. The van der Waals surface area contributed by atoms with E-state index in [1.807, 2.05) is 30.3 Å². The predicted molar refractivity (Wildman–Crippen MR) is 96.1 cm³/mol. The minimum absolute atomic E-state index is 0.0515. The summed E-state index contributed by atoms with van der Waals surface area (Å²) in [5.41, 5.74) is 2.46. The Labute approximate surface area is 142 Å². The molecule has 0 saturated carbocycles. The molecule has 3 N–H and O–H groups in total. The normalized spacial score (nSPS) is 10.2. The zero-order valence-corrected chi connectivity index (χ0v) is 13.8. The number of carbonyl (C=O) groups excluding carboxylic acids is 2. The molecule has 0 bridgehead atoms. The van der Waals surface area contributed by atoms with Gasteiger partial charge < -0.3 is 16.0 Å². The van der Waals surface area contributed by atoms with Crippen LogP contribution in [-0.2, 0) is 11.2 Å². The summed E-state index contributed by atoms with van der Waals surface area (Å²) in [4.78, 5) is 23.7. The van der Waals surface area contributed by atoms with Crippen LogP contribution < -0.4 is 16.0 Å². The SMILES string of the molecule is CNCCC(=O)Nc1ccc(C(=O)NCCc2ccccc2)cc1. The van der Waals surface area contributed by atoms with Crippen LogP contribution in [0, 0.1) is 0 Å². The molecule has 2 aromatic carbocycles. The molecule has 0 spiro atoms. The van der Waals surface area contributed by atoms with Gasteiger partial charge in [-0.2, -0.15) is 0 Å². The molecule has 2 aromatic rings. The van der Waals surface area contributed by atoms with Crippen molar-refractivity contribution in [1.82, 2.24) is 10.6 Å². The van der Waals surface area contributed by atoms with Gasteiger partial charge in [-0.05, 0) is 43.3 Å². The summed E-state index contributed by atoms with van der Waals surface area (Å²) in [6, 6.07) is 16.9. The largest absolute Gasteiger partial charge is 0.352 e. The first-order valence-corrected chi connectivity index (χ1v) is 8.05. The molecule has 24 heavy (non-hydrogen) atoms. The van der Waals surface area contributed by atoms with E-state index in [0.717, 1.165) is 6.42 Å². The fraction of sp³-hybridized carbons (Fsp3) is 0.263. The lowest BCUT2D eigenvalue weighted by atomic mass is 10.1. The van der Waals surface area contributed by atoms with Gasteiger partial charge in [0.1, 0.15) is 0 Å². The van der Waals surface area contributed by atoms with Crippen molar-refractivity contribution in [3.8, 4) is 0 Å². The second kappa shape index (κ2) is 9.47. The lowest BCUT2D eigenvalue weighted by molar-refractivity contribution is -0.116. The molecule has 0 fully saturated rings. The van der Waals surface area contributed by atoms with Gasteiger partial charge in [0.05, 0.1) is 0 Å². The van der Waals surface area contributed by atoms with Crippen LogP contribution in [0.1, 0.15) is 22.3 Å². The number of hydrogen-bond acceptors (Lipinski definition) is 3. The summed E-state index contributed by atoms with van der Waals surface area (Å²) >= 11 is 0. The van der Waals surface area contributed by atoms with E-state index in [9.17, 15) is 9.59 Å². The zero-order chi connectivity index (χ0) is 17.2. The van der Waals surface area contributed by atoms with E-state index in [1.54, 1.807) is 31.3 Å². The first kappa shape index (κ1) is 17.7. The van der Waals surface area contributed by atoms with Crippen molar-refractivity contribution in [3.05, 3.63) is 65.7 Å². The van der Waals surface area contributed by atoms with Crippen molar-refractivity contribution < 1.29 is 9.59 Å². The molecule has 0 atom stereocenters. The maximum atomic E-state index is 12.1. The summed E-state index contributed by atoms with van der Waals surface area (Å²) in [6.45, 7) is 1.22. The Morgan fingerprint density at radius 3 is 2.29 bits per heavy atom. The Bertz CT molecular complexity index is 654. The van der Waals surface area contributed by atoms with Crippen LogP contribution in [0.5, 0.6) is 0 Å². The van der Waals surface area contributed by atoms with E-state index in [1.165, 1.54) is 5.56 Å². The Hall–Kier alpha value is -2.66. The van der Waals surface area contributed by atoms with Crippen molar-refractivity contribution in [2.75, 3.05) is 25.5 Å². The summed E-state index contributed by atoms with van der Waals surface area (Å²) in [6.07, 6.45) is 1.21. The molecule has 126 valence electrons. The van der Waals surface area contributed by atoms with Crippen molar-refractivity contribution in [2.45, 2.75) is 12.8 Å². The van der Waals surface area contributed by atoms with Gasteiger partial charge in [0.2, 0.25) is 5.91 Å². The summed E-state index contributed by atoms with van der Waals surface area (Å²) in [7, 11) is 1.80. The summed E-state index contributed by atoms with van der Waals surface area (Å²) in [5.74, 6) is -0.164. The highest BCUT2D eigenvalue weighted by atomic mass is 16.2. The van der Waals surface area contributed by atoms with Crippen LogP contribution in [0.25, 0.3) is 0 Å². The zero-order valence-electron chi connectivity index (χ0n) is 13.8. The second-order valence-electron chi connectivity index (χ2n) is 5.47. The first-order valence-electron chi connectivity index (χ1n) is 8.05. The van der Waals surface area contributed by atoms with Crippen molar-refractivity contribution in [1.29, 1.82) is 0 Å². The topological polar surface area (TPSA) is 70.2 Å². The monoisotopic (exact) mass is 325 g/mol. The molecular formula is C19H23N3O2. The number of anilines is 1. The quantitative estimate of drug-likeness (QED) is 0.697. The molecule has 5 heteroatoms. The highest BCUT2D eigenvalue weighted by Gasteiger charge is 2.06. The summed E-state index contributed by atoms with van der Waals surface area (Å²) < 4.78 is 0. The molecule has 0 unspecified atom stereocenters. The molecule has 2 rings (SSSR count). The van der Waals surface area contributed by atoms with E-state index in [2.05, 4.69) is 16.0 Å². The van der Waals surface area contributed by atoms with Crippen molar-refractivity contribution in [3.63, 3.8) is 0 Å². The number of nitrogens with one attached hydrogen (secondary N) is 3. The number of rotatable bonds is 8. The number of carbonyl (C=O) groups is 2. The third kappa shape index (κ3) is 5.85. The highest BCUT2D eigenvalue weighted by molar-refractivity contribution is 5.95. The van der Waals surface area contributed by atoms with Gasteiger partial charge in [0.15, 0.2) is 0 Å². The second-order valence-corrected chi connectivity index (χ2v) is 5.47. The molecule has 0 aliphatic carbocycles. The molecule has 2 amide bonds. The minimum atomic E-state index is -0.112. The van der Waals surface area contributed by atoms with E-state index >= 15 is 0 Å². The van der Waals surface area contributed by atoms with Gasteiger partial charge >= 0.3 is 0 Å². The van der Waals surface area contributed by atoms with Crippen LogP contribution in [0.3, 0.4) is 0 Å². The molecule has 0 aromatic heterocycles. The maximum absolute atomic E-state index is 12.1. The molecule has 0 radical (unpaired) electrons. The van der Waals surface area contributed by atoms with E-state index < -0.39 is 0 Å². The molecule has 5 nitrogen and oxygen atoms in total. The van der Waals surface area contributed by atoms with Gasteiger partial charge in [0.25, 0.3) is 5.91 Å². The van der Waals surface area contributed by atoms with Gasteiger partial charge in [0, 0.05) is 30.8 Å². The number of hydrogen-bond donors (Lipinski definition) is 3. The van der Waals surface area contributed by atoms with Gasteiger partial charge in [-0.1, -0.05) is 30.3 Å². The lowest BCUT2D eigenvalue weighted by Gasteiger charge is -2.08. The van der Waals surface area contributed by atoms with E-state index in [-0.39, 0.29) is 11.8 Å². The Balaban J connectivity index is 1.79. The van der Waals surface area contributed by atoms with Crippen LogP contribution in [0.15, 0.2) is 54.6 Å². The van der Waals surface area contributed by atoms with Gasteiger partial charge in [-0.15, -0.1) is 0 Å². The Kier molecular flexibility index (Phi) is 6.98. The van der Waals surface area contributed by atoms with Crippen molar-refractivity contribution >= 4 is 17.5 Å². The molecule has 0 heterocycles. The smallest absolute Gasteiger partial charge is 0.251 e. The first-order chi connectivity index (χ1) is 11.7. The summed E-state index contributed by atoms with van der Waals surface area (Å²) in [5, 5.41) is 8.62.